The summed E-state index contributed by atoms with van der Waals surface area (Å²) in [6.07, 6.45) is -0.975. The molecule has 2 fully saturated rings. The predicted octanol–water partition coefficient (Wildman–Crippen LogP) is 5.27. The fourth-order valence-corrected chi connectivity index (χ4v) is 6.88. The van der Waals surface area contributed by atoms with Gasteiger partial charge in [-0.2, -0.15) is 23.7 Å². The number of halogens is 3. The van der Waals surface area contributed by atoms with Crippen LogP contribution in [0.2, 0.25) is 0 Å². The van der Waals surface area contributed by atoms with Crippen LogP contribution in [-0.2, 0) is 26.3 Å². The largest absolute Gasteiger partial charge is 0.416 e. The van der Waals surface area contributed by atoms with Crippen molar-refractivity contribution in [1.82, 2.24) is 24.6 Å². The van der Waals surface area contributed by atoms with E-state index in [1.807, 2.05) is 6.07 Å². The standard InChI is InChI=1S/C35H32F3N9O2/c1-45-20-42-44-32(45)25-3-2-21(15-40)10-26(25)23-13-30(41-16-24(48)4-8-39)43-31(14-23)47-18-28-27(33(47)49)11-22(12-29(28)35(36,37)38)17-46-9-7-34(19-46)5-6-34/h2-3,10-14,20,24,48H,4-7,9,16-19H2,1H3,(H,41,43)/t24-/m1/s1. The molecule has 1 amide bonds. The van der Waals surface area contributed by atoms with E-state index in [4.69, 9.17) is 5.26 Å². The molecular formula is C35H32F3N9O2. The third kappa shape index (κ3) is 6.33. The Kier molecular flexibility index (Phi) is 8.09. The molecule has 0 radical (unpaired) electrons. The van der Waals surface area contributed by atoms with Gasteiger partial charge >= 0.3 is 6.18 Å². The topological polar surface area (TPSA) is 147 Å². The number of hydrogen-bond donors (Lipinski definition) is 2. The minimum absolute atomic E-state index is 0.0115. The number of rotatable bonds is 9. The van der Waals surface area contributed by atoms with Crippen LogP contribution in [0.4, 0.5) is 24.8 Å². The van der Waals surface area contributed by atoms with Gasteiger partial charge in [0.1, 0.15) is 18.0 Å². The van der Waals surface area contributed by atoms with Gasteiger partial charge in [-0.25, -0.2) is 4.98 Å². The lowest BCUT2D eigenvalue weighted by Gasteiger charge is -2.20. The van der Waals surface area contributed by atoms with E-state index in [0.29, 0.717) is 45.6 Å². The molecule has 0 bridgehead atoms. The number of aliphatic hydroxyl groups excluding tert-OH is 1. The molecule has 1 atom stereocenters. The molecule has 1 aliphatic carbocycles. The highest BCUT2D eigenvalue weighted by Gasteiger charge is 2.48. The molecule has 3 aliphatic rings. The highest BCUT2D eigenvalue weighted by molar-refractivity contribution is 6.10. The lowest BCUT2D eigenvalue weighted by molar-refractivity contribution is -0.138. The molecule has 2 aromatic carbocycles. The first-order valence-corrected chi connectivity index (χ1v) is 15.9. The first-order chi connectivity index (χ1) is 23.5. The number of aliphatic hydroxyl groups is 1. The molecular weight excluding hydrogens is 635 g/mol. The van der Waals surface area contributed by atoms with E-state index in [1.54, 1.807) is 48.0 Å². The Hall–Kier alpha value is -5.31. The Morgan fingerprint density at radius 2 is 1.90 bits per heavy atom. The molecule has 1 spiro atoms. The molecule has 49 heavy (non-hydrogen) atoms. The zero-order chi connectivity index (χ0) is 34.5. The second-order valence-electron chi connectivity index (χ2n) is 13.2. The molecule has 0 unspecified atom stereocenters. The van der Waals surface area contributed by atoms with Gasteiger partial charge in [0.2, 0.25) is 0 Å². The predicted molar refractivity (Wildman–Crippen MR) is 173 cm³/mol. The van der Waals surface area contributed by atoms with Gasteiger partial charge in [0.15, 0.2) is 5.82 Å². The Balaban J connectivity index is 1.30. The van der Waals surface area contributed by atoms with E-state index in [2.05, 4.69) is 31.5 Å². The van der Waals surface area contributed by atoms with Crippen LogP contribution < -0.4 is 10.2 Å². The van der Waals surface area contributed by atoms with Gasteiger partial charge in [-0.15, -0.1) is 10.2 Å². The number of nitriles is 2. The molecule has 14 heteroatoms. The van der Waals surface area contributed by atoms with Crippen molar-refractivity contribution in [2.75, 3.05) is 29.9 Å². The number of carbonyl (C=O) groups is 1. The van der Waals surface area contributed by atoms with E-state index in [0.717, 1.165) is 32.4 Å². The quantitative estimate of drug-likeness (QED) is 0.244. The fraction of sp³-hybridized carbons (Fsp3) is 0.371. The molecule has 2 N–H and O–H groups in total. The number of benzene rings is 2. The normalized spacial score (nSPS) is 17.2. The van der Waals surface area contributed by atoms with Gasteiger partial charge in [-0.3, -0.25) is 14.6 Å². The van der Waals surface area contributed by atoms with E-state index in [9.17, 15) is 28.3 Å². The zero-order valence-corrected chi connectivity index (χ0v) is 26.6. The minimum Gasteiger partial charge on any atom is -0.390 e. The maximum Gasteiger partial charge on any atom is 0.416 e. The summed E-state index contributed by atoms with van der Waals surface area (Å²) in [5.74, 6) is 0.169. The molecule has 2 aliphatic heterocycles. The van der Waals surface area contributed by atoms with Crippen molar-refractivity contribution in [3.05, 3.63) is 76.6 Å². The van der Waals surface area contributed by atoms with Crippen LogP contribution in [0.15, 0.2) is 48.8 Å². The average molecular weight is 668 g/mol. The summed E-state index contributed by atoms with van der Waals surface area (Å²) in [5.41, 5.74) is 1.77. The van der Waals surface area contributed by atoms with Crippen LogP contribution in [0.5, 0.6) is 0 Å². The number of nitrogens with zero attached hydrogens (tertiary/aromatic N) is 8. The number of nitrogens with one attached hydrogen (secondary N) is 1. The molecule has 1 saturated heterocycles. The summed E-state index contributed by atoms with van der Waals surface area (Å²) in [6.45, 7) is 1.60. The van der Waals surface area contributed by atoms with Crippen LogP contribution >= 0.6 is 0 Å². The summed E-state index contributed by atoms with van der Waals surface area (Å²) in [7, 11) is 1.76. The number of carbonyl (C=O) groups excluding carboxylic acids is 1. The molecule has 7 rings (SSSR count). The van der Waals surface area contributed by atoms with E-state index < -0.39 is 23.8 Å². The number of fused-ring (bicyclic) bond motifs is 1. The number of hydrogen-bond acceptors (Lipinski definition) is 9. The Morgan fingerprint density at radius 1 is 1.08 bits per heavy atom. The Bertz CT molecular complexity index is 2040. The number of aromatic nitrogens is 4. The van der Waals surface area contributed by atoms with Gasteiger partial charge in [-0.05, 0) is 95.9 Å². The summed E-state index contributed by atoms with van der Waals surface area (Å²) >= 11 is 0. The second-order valence-corrected chi connectivity index (χ2v) is 13.2. The van der Waals surface area contributed by atoms with E-state index in [-0.39, 0.29) is 42.3 Å². The molecule has 2 aromatic heterocycles. The zero-order valence-electron chi connectivity index (χ0n) is 26.6. The number of amides is 1. The van der Waals surface area contributed by atoms with Gasteiger partial charge in [0, 0.05) is 37.8 Å². The van der Waals surface area contributed by atoms with Crippen LogP contribution in [0.3, 0.4) is 0 Å². The van der Waals surface area contributed by atoms with Crippen molar-refractivity contribution < 1.29 is 23.1 Å². The lowest BCUT2D eigenvalue weighted by Crippen LogP contribution is -2.25. The molecule has 1 saturated carbocycles. The summed E-state index contributed by atoms with van der Waals surface area (Å²) in [5, 5.41) is 40.1. The number of pyridine rings is 1. The van der Waals surface area contributed by atoms with Crippen molar-refractivity contribution in [2.45, 2.75) is 51.1 Å². The van der Waals surface area contributed by atoms with Crippen LogP contribution in [0.1, 0.15) is 58.3 Å². The van der Waals surface area contributed by atoms with Crippen molar-refractivity contribution >= 4 is 17.5 Å². The molecule has 250 valence electrons. The van der Waals surface area contributed by atoms with Crippen LogP contribution in [0, 0.1) is 28.1 Å². The van der Waals surface area contributed by atoms with Crippen molar-refractivity contribution in [3.63, 3.8) is 0 Å². The van der Waals surface area contributed by atoms with E-state index >= 15 is 0 Å². The highest BCUT2D eigenvalue weighted by Crippen LogP contribution is 2.53. The highest BCUT2D eigenvalue weighted by atomic mass is 19.4. The number of anilines is 2. The average Bonchev–Trinajstić information content (AvgIpc) is 3.33. The summed E-state index contributed by atoms with van der Waals surface area (Å²) in [4.78, 5) is 22.0. The lowest BCUT2D eigenvalue weighted by atomic mass is 9.97. The third-order valence-corrected chi connectivity index (χ3v) is 9.63. The Morgan fingerprint density at radius 3 is 2.57 bits per heavy atom. The van der Waals surface area contributed by atoms with Crippen LogP contribution in [-0.4, -0.2) is 61.4 Å². The molecule has 4 aromatic rings. The Labute approximate surface area is 280 Å². The van der Waals surface area contributed by atoms with Crippen molar-refractivity contribution in [2.24, 2.45) is 12.5 Å². The van der Waals surface area contributed by atoms with Crippen molar-refractivity contribution in [3.8, 4) is 34.7 Å². The molecule has 4 heterocycles. The number of aryl methyl sites for hydroxylation is 1. The third-order valence-electron chi connectivity index (χ3n) is 9.63. The van der Waals surface area contributed by atoms with Gasteiger partial charge in [0.25, 0.3) is 5.91 Å². The minimum atomic E-state index is -4.68. The fourth-order valence-electron chi connectivity index (χ4n) is 6.88. The second kappa shape index (κ2) is 12.3. The van der Waals surface area contributed by atoms with Gasteiger partial charge in [-0.1, -0.05) is 0 Å². The maximum atomic E-state index is 14.5. The first-order valence-electron chi connectivity index (χ1n) is 15.9. The molecule has 11 nitrogen and oxygen atoms in total. The number of likely N-dealkylation sites (tertiary alicyclic amines) is 1. The van der Waals surface area contributed by atoms with Crippen molar-refractivity contribution in [1.29, 1.82) is 10.5 Å². The van der Waals surface area contributed by atoms with Gasteiger partial charge in [0.05, 0.1) is 42.3 Å². The smallest absolute Gasteiger partial charge is 0.390 e. The first kappa shape index (κ1) is 32.2. The SMILES string of the molecule is Cn1cnnc1-c1ccc(C#N)cc1-c1cc(NC[C@H](O)CC#N)nc(N2Cc3c(cc(CN4CCC5(CC5)C4)cc3C(F)(F)F)C2=O)c1. The maximum absolute atomic E-state index is 14.5. The van der Waals surface area contributed by atoms with Crippen LogP contribution in [0.25, 0.3) is 22.5 Å². The van der Waals surface area contributed by atoms with Gasteiger partial charge < -0.3 is 15.0 Å². The summed E-state index contributed by atoms with van der Waals surface area (Å²) < 4.78 is 45.3. The van der Waals surface area contributed by atoms with E-state index in [1.165, 1.54) is 17.3 Å². The number of alkyl halides is 3. The monoisotopic (exact) mass is 667 g/mol. The summed E-state index contributed by atoms with van der Waals surface area (Å²) in [6, 6.07) is 15.0.